The maximum absolute atomic E-state index is 10.9. The fraction of sp³-hybridized carbons (Fsp3) is 0.375. The van der Waals surface area contributed by atoms with E-state index < -0.39 is 0 Å². The van der Waals surface area contributed by atoms with Crippen molar-refractivity contribution in [3.8, 4) is 0 Å². The number of allylic oxidation sites excluding steroid dienone is 2. The lowest BCUT2D eigenvalue weighted by Crippen LogP contribution is -2.19. The smallest absolute Gasteiger partial charge is 0.250 e. The molecule has 0 aromatic carbocycles. The Bertz CT molecular complexity index is 191. The van der Waals surface area contributed by atoms with Gasteiger partial charge >= 0.3 is 0 Å². The fourth-order valence-electron chi connectivity index (χ4n) is 0.926. The molecule has 0 radical (unpaired) electrons. The zero-order valence-corrected chi connectivity index (χ0v) is 6.05. The van der Waals surface area contributed by atoms with Gasteiger partial charge in [0.05, 0.1) is 0 Å². The van der Waals surface area contributed by atoms with Crippen molar-refractivity contribution in [2.24, 2.45) is 0 Å². The molecule has 0 aliphatic heterocycles. The maximum Gasteiger partial charge on any atom is 0.250 e. The Morgan fingerprint density at radius 2 is 2.40 bits per heavy atom. The first-order valence-electron chi connectivity index (χ1n) is 3.43. The first-order valence-corrected chi connectivity index (χ1v) is 3.43. The van der Waals surface area contributed by atoms with Crippen molar-refractivity contribution in [1.29, 1.82) is 0 Å². The van der Waals surface area contributed by atoms with E-state index in [9.17, 15) is 4.79 Å². The number of amides is 1. The molecule has 0 atom stereocenters. The second-order valence-corrected chi connectivity index (χ2v) is 2.22. The minimum Gasteiger partial charge on any atom is -0.355 e. The normalized spacial score (nSPS) is 16.3. The van der Waals surface area contributed by atoms with E-state index in [1.807, 2.05) is 18.2 Å². The molecule has 0 saturated carbocycles. The van der Waals surface area contributed by atoms with Gasteiger partial charge in [0.25, 0.3) is 5.91 Å². The highest BCUT2D eigenvalue weighted by atomic mass is 16.1. The maximum atomic E-state index is 10.9. The summed E-state index contributed by atoms with van der Waals surface area (Å²) in [6.07, 6.45) is 7.88. The van der Waals surface area contributed by atoms with Gasteiger partial charge in [-0.1, -0.05) is 18.2 Å². The molecule has 0 unspecified atom stereocenters. The number of likely N-dealkylation sites (N-methyl/N-ethyl adjacent to an activating group) is 1. The van der Waals surface area contributed by atoms with Crippen LogP contribution in [0.2, 0.25) is 0 Å². The third-order valence-electron chi connectivity index (χ3n) is 1.48. The molecule has 0 aromatic rings. The molecule has 2 nitrogen and oxygen atoms in total. The lowest BCUT2D eigenvalue weighted by atomic mass is 10.1. The van der Waals surface area contributed by atoms with E-state index >= 15 is 0 Å². The van der Waals surface area contributed by atoms with Gasteiger partial charge in [-0.05, 0) is 12.8 Å². The van der Waals surface area contributed by atoms with Crippen LogP contribution in [0.1, 0.15) is 12.8 Å². The summed E-state index contributed by atoms with van der Waals surface area (Å²) < 4.78 is 0. The number of carbonyl (C=O) groups is 1. The summed E-state index contributed by atoms with van der Waals surface area (Å²) in [4.78, 5) is 10.9. The van der Waals surface area contributed by atoms with Crippen molar-refractivity contribution in [1.82, 2.24) is 5.32 Å². The Kier molecular flexibility index (Phi) is 2.26. The predicted molar refractivity (Wildman–Crippen MR) is 40.5 cm³/mol. The van der Waals surface area contributed by atoms with Crippen LogP contribution in [-0.4, -0.2) is 13.0 Å². The highest BCUT2D eigenvalue weighted by Gasteiger charge is 2.03. The standard InChI is InChI=1S/C8H11NO/c1-9-8(10)7-5-3-2-4-6-7/h3,5-6H,2,4H2,1H3,(H,9,10). The van der Waals surface area contributed by atoms with Crippen LogP contribution in [0.15, 0.2) is 23.8 Å². The SMILES string of the molecule is CNC(=O)C1=CCCC=C1. The summed E-state index contributed by atoms with van der Waals surface area (Å²) in [6.45, 7) is 0. The van der Waals surface area contributed by atoms with Crippen molar-refractivity contribution >= 4 is 5.91 Å². The van der Waals surface area contributed by atoms with Crippen LogP contribution in [0.5, 0.6) is 0 Å². The molecular formula is C8H11NO. The topological polar surface area (TPSA) is 29.1 Å². The van der Waals surface area contributed by atoms with Crippen molar-refractivity contribution < 1.29 is 4.79 Å². The lowest BCUT2D eigenvalue weighted by molar-refractivity contribution is -0.116. The third-order valence-corrected chi connectivity index (χ3v) is 1.48. The minimum atomic E-state index is 0.0101. The molecule has 0 spiro atoms. The molecule has 0 bridgehead atoms. The largest absolute Gasteiger partial charge is 0.355 e. The molecule has 0 saturated heterocycles. The van der Waals surface area contributed by atoms with Crippen molar-refractivity contribution in [2.45, 2.75) is 12.8 Å². The van der Waals surface area contributed by atoms with E-state index in [1.165, 1.54) is 0 Å². The van der Waals surface area contributed by atoms with Crippen LogP contribution in [-0.2, 0) is 4.79 Å². The van der Waals surface area contributed by atoms with Crippen LogP contribution >= 0.6 is 0 Å². The molecule has 1 N–H and O–H groups in total. The number of hydrogen-bond acceptors (Lipinski definition) is 1. The van der Waals surface area contributed by atoms with Gasteiger partial charge in [0.2, 0.25) is 0 Å². The molecule has 1 amide bonds. The molecule has 10 heavy (non-hydrogen) atoms. The Balaban J connectivity index is 2.63. The van der Waals surface area contributed by atoms with Crippen LogP contribution in [0, 0.1) is 0 Å². The lowest BCUT2D eigenvalue weighted by Gasteiger charge is -2.03. The van der Waals surface area contributed by atoms with E-state index in [1.54, 1.807) is 7.05 Å². The molecule has 1 aliphatic rings. The molecule has 2 heteroatoms. The monoisotopic (exact) mass is 137 g/mol. The Hall–Kier alpha value is -1.05. The van der Waals surface area contributed by atoms with Crippen molar-refractivity contribution in [3.63, 3.8) is 0 Å². The first kappa shape index (κ1) is 7.06. The second-order valence-electron chi connectivity index (χ2n) is 2.22. The van der Waals surface area contributed by atoms with E-state index in [2.05, 4.69) is 5.32 Å². The number of hydrogen-bond donors (Lipinski definition) is 1. The average Bonchev–Trinajstić information content (AvgIpc) is 2.05. The van der Waals surface area contributed by atoms with Gasteiger partial charge in [-0.15, -0.1) is 0 Å². The zero-order valence-electron chi connectivity index (χ0n) is 6.05. The molecule has 54 valence electrons. The second kappa shape index (κ2) is 3.20. The molecule has 1 rings (SSSR count). The zero-order chi connectivity index (χ0) is 7.40. The van der Waals surface area contributed by atoms with Gasteiger partial charge in [-0.3, -0.25) is 4.79 Å². The van der Waals surface area contributed by atoms with E-state index in [4.69, 9.17) is 0 Å². The summed E-state index contributed by atoms with van der Waals surface area (Å²) in [5.74, 6) is 0.0101. The third kappa shape index (κ3) is 1.47. The Labute approximate surface area is 60.6 Å². The van der Waals surface area contributed by atoms with Gasteiger partial charge in [0.1, 0.15) is 0 Å². The predicted octanol–water partition coefficient (Wildman–Crippen LogP) is 1.01. The van der Waals surface area contributed by atoms with Gasteiger partial charge < -0.3 is 5.32 Å². The number of rotatable bonds is 1. The highest BCUT2D eigenvalue weighted by molar-refractivity contribution is 5.96. The van der Waals surface area contributed by atoms with E-state index in [-0.39, 0.29) is 5.91 Å². The number of carbonyl (C=O) groups excluding carboxylic acids is 1. The Morgan fingerprint density at radius 3 is 2.90 bits per heavy atom. The van der Waals surface area contributed by atoms with Crippen LogP contribution in [0.4, 0.5) is 0 Å². The molecule has 0 aromatic heterocycles. The summed E-state index contributed by atoms with van der Waals surface area (Å²) in [7, 11) is 1.64. The van der Waals surface area contributed by atoms with Gasteiger partial charge in [0, 0.05) is 12.6 Å². The quantitative estimate of drug-likeness (QED) is 0.574. The summed E-state index contributed by atoms with van der Waals surface area (Å²) in [5.41, 5.74) is 0.786. The molecular weight excluding hydrogens is 126 g/mol. The molecule has 0 heterocycles. The van der Waals surface area contributed by atoms with Gasteiger partial charge in [0.15, 0.2) is 0 Å². The Morgan fingerprint density at radius 1 is 1.60 bits per heavy atom. The minimum absolute atomic E-state index is 0.0101. The molecule has 0 fully saturated rings. The van der Waals surface area contributed by atoms with E-state index in [0.29, 0.717) is 0 Å². The summed E-state index contributed by atoms with van der Waals surface area (Å²) in [6, 6.07) is 0. The van der Waals surface area contributed by atoms with Crippen molar-refractivity contribution in [3.05, 3.63) is 23.8 Å². The molecule has 1 aliphatic carbocycles. The highest BCUT2D eigenvalue weighted by Crippen LogP contribution is 2.08. The van der Waals surface area contributed by atoms with Crippen LogP contribution in [0.3, 0.4) is 0 Å². The summed E-state index contributed by atoms with van der Waals surface area (Å²) in [5, 5.41) is 2.58. The first-order chi connectivity index (χ1) is 4.84. The van der Waals surface area contributed by atoms with Crippen molar-refractivity contribution in [2.75, 3.05) is 7.05 Å². The van der Waals surface area contributed by atoms with Crippen LogP contribution in [0.25, 0.3) is 0 Å². The summed E-state index contributed by atoms with van der Waals surface area (Å²) >= 11 is 0. The average molecular weight is 137 g/mol. The van der Waals surface area contributed by atoms with Crippen LogP contribution < -0.4 is 5.32 Å². The number of nitrogens with one attached hydrogen (secondary N) is 1. The van der Waals surface area contributed by atoms with Gasteiger partial charge in [-0.2, -0.15) is 0 Å². The van der Waals surface area contributed by atoms with E-state index in [0.717, 1.165) is 18.4 Å². The van der Waals surface area contributed by atoms with Gasteiger partial charge in [-0.25, -0.2) is 0 Å². The fourth-order valence-corrected chi connectivity index (χ4v) is 0.926.